The molecule has 10 heteroatoms. The number of nitrogens with one attached hydrogen (secondary N) is 3. The summed E-state index contributed by atoms with van der Waals surface area (Å²) in [6.45, 7) is 6.14. The van der Waals surface area contributed by atoms with Crippen molar-refractivity contribution in [2.45, 2.75) is 31.3 Å². The lowest BCUT2D eigenvalue weighted by Gasteiger charge is -2.19. The number of carbonyl (C=O) groups is 1. The van der Waals surface area contributed by atoms with Crippen LogP contribution in [0.3, 0.4) is 0 Å². The first-order chi connectivity index (χ1) is 17.5. The van der Waals surface area contributed by atoms with Gasteiger partial charge in [-0.05, 0) is 74.4 Å². The minimum absolute atomic E-state index is 0.00948. The van der Waals surface area contributed by atoms with Crippen LogP contribution in [0.5, 0.6) is 11.5 Å². The molecule has 0 aliphatic rings. The van der Waals surface area contributed by atoms with Crippen molar-refractivity contribution in [3.05, 3.63) is 66.7 Å². The third kappa shape index (κ3) is 8.04. The van der Waals surface area contributed by atoms with Crippen LogP contribution in [-0.2, 0) is 14.8 Å². The summed E-state index contributed by atoms with van der Waals surface area (Å²) in [5.41, 5.74) is 2.00. The van der Waals surface area contributed by atoms with Gasteiger partial charge in [0.25, 0.3) is 10.0 Å². The molecule has 0 atom stereocenters. The first kappa shape index (κ1) is 27.7. The van der Waals surface area contributed by atoms with Crippen LogP contribution in [0.15, 0.2) is 71.6 Å². The van der Waals surface area contributed by atoms with Crippen LogP contribution in [0.4, 0.5) is 16.2 Å². The molecule has 37 heavy (non-hydrogen) atoms. The summed E-state index contributed by atoms with van der Waals surface area (Å²) in [5.74, 6) is 0.892. The lowest BCUT2D eigenvalue weighted by Crippen LogP contribution is -2.34. The van der Waals surface area contributed by atoms with Gasteiger partial charge in [-0.3, -0.25) is 4.72 Å². The number of hydrogen-bond donors (Lipinski definition) is 3. The molecule has 3 N–H and O–H groups in total. The Morgan fingerprint density at radius 1 is 0.838 bits per heavy atom. The quantitative estimate of drug-likeness (QED) is 0.314. The molecule has 0 fully saturated rings. The van der Waals surface area contributed by atoms with Gasteiger partial charge < -0.3 is 24.8 Å². The van der Waals surface area contributed by atoms with Gasteiger partial charge in [0.15, 0.2) is 0 Å². The second-order valence-electron chi connectivity index (χ2n) is 9.14. The largest absolute Gasteiger partial charge is 0.497 e. The van der Waals surface area contributed by atoms with Gasteiger partial charge >= 0.3 is 6.09 Å². The molecule has 0 radical (unpaired) electrons. The number of alkyl carbamates (subject to hydrolysis) is 1. The minimum atomic E-state index is -3.98. The Bertz CT molecular complexity index is 1340. The van der Waals surface area contributed by atoms with Crippen LogP contribution in [0.25, 0.3) is 11.1 Å². The van der Waals surface area contributed by atoms with Crippen molar-refractivity contribution in [1.29, 1.82) is 0 Å². The number of hydrogen-bond acceptors (Lipinski definition) is 7. The van der Waals surface area contributed by atoms with E-state index in [0.717, 1.165) is 5.56 Å². The second-order valence-corrected chi connectivity index (χ2v) is 10.8. The van der Waals surface area contributed by atoms with E-state index in [1.165, 1.54) is 7.11 Å². The molecular formula is C27H33N3O6S. The molecule has 9 nitrogen and oxygen atoms in total. The molecule has 0 aliphatic heterocycles. The SMILES string of the molecule is COc1cccc(-c2ccc(OC)c(S(=O)(=O)Nc3cccc(NCCNC(=O)OC(C)(C)C)c3)c2)c1. The standard InChI is InChI=1S/C27H33N3O6S/c1-27(2,3)36-26(31)29-15-14-28-21-9-7-10-22(18-21)30-37(32,33)25-17-20(12-13-24(25)35-5)19-8-6-11-23(16-19)34-4/h6-13,16-18,28,30H,14-15H2,1-5H3,(H,29,31). The van der Waals surface area contributed by atoms with Crippen LogP contribution >= 0.6 is 0 Å². The number of ether oxygens (including phenoxy) is 3. The zero-order chi connectivity index (χ0) is 27.1. The highest BCUT2D eigenvalue weighted by atomic mass is 32.2. The molecule has 0 aliphatic carbocycles. The van der Waals surface area contributed by atoms with Gasteiger partial charge in [-0.25, -0.2) is 13.2 Å². The van der Waals surface area contributed by atoms with Crippen molar-refractivity contribution in [1.82, 2.24) is 5.32 Å². The van der Waals surface area contributed by atoms with E-state index >= 15 is 0 Å². The molecule has 0 heterocycles. The minimum Gasteiger partial charge on any atom is -0.497 e. The molecule has 0 aromatic heterocycles. The molecule has 1 amide bonds. The van der Waals surface area contributed by atoms with Crippen molar-refractivity contribution >= 4 is 27.5 Å². The van der Waals surface area contributed by atoms with Crippen molar-refractivity contribution < 1.29 is 27.4 Å². The Labute approximate surface area is 218 Å². The maximum atomic E-state index is 13.4. The van der Waals surface area contributed by atoms with E-state index in [1.807, 2.05) is 24.3 Å². The topological polar surface area (TPSA) is 115 Å². The Balaban J connectivity index is 1.72. The number of anilines is 2. The summed E-state index contributed by atoms with van der Waals surface area (Å²) in [7, 11) is -0.978. The number of sulfonamides is 1. The molecule has 0 saturated carbocycles. The summed E-state index contributed by atoms with van der Waals surface area (Å²) >= 11 is 0. The predicted molar refractivity (Wildman–Crippen MR) is 145 cm³/mol. The number of methoxy groups -OCH3 is 2. The Hall–Kier alpha value is -3.92. The first-order valence-corrected chi connectivity index (χ1v) is 13.1. The molecule has 198 valence electrons. The van der Waals surface area contributed by atoms with Crippen molar-refractivity contribution in [2.75, 3.05) is 37.3 Å². The van der Waals surface area contributed by atoms with Gasteiger partial charge in [0, 0.05) is 18.8 Å². The zero-order valence-corrected chi connectivity index (χ0v) is 22.4. The van der Waals surface area contributed by atoms with Gasteiger partial charge in [0.05, 0.1) is 19.9 Å². The molecule has 0 bridgehead atoms. The molecule has 0 saturated heterocycles. The molecule has 0 unspecified atom stereocenters. The van der Waals surface area contributed by atoms with E-state index in [2.05, 4.69) is 15.4 Å². The van der Waals surface area contributed by atoms with E-state index in [9.17, 15) is 13.2 Å². The maximum absolute atomic E-state index is 13.4. The summed E-state index contributed by atoms with van der Waals surface area (Å²) in [6.07, 6.45) is -0.499. The predicted octanol–water partition coefficient (Wildman–Crippen LogP) is 5.11. The van der Waals surface area contributed by atoms with Crippen molar-refractivity contribution in [2.24, 2.45) is 0 Å². The monoisotopic (exact) mass is 527 g/mol. The highest BCUT2D eigenvalue weighted by Gasteiger charge is 2.21. The van der Waals surface area contributed by atoms with Crippen LogP contribution < -0.4 is 24.8 Å². The van der Waals surface area contributed by atoms with Crippen molar-refractivity contribution in [3.8, 4) is 22.6 Å². The fourth-order valence-corrected chi connectivity index (χ4v) is 4.70. The fraction of sp³-hybridized carbons (Fsp3) is 0.296. The highest BCUT2D eigenvalue weighted by Crippen LogP contribution is 2.32. The summed E-state index contributed by atoms with van der Waals surface area (Å²) < 4.78 is 45.2. The summed E-state index contributed by atoms with van der Waals surface area (Å²) in [4.78, 5) is 11.8. The van der Waals surface area contributed by atoms with E-state index in [-0.39, 0.29) is 10.6 Å². The van der Waals surface area contributed by atoms with Gasteiger partial charge in [0.2, 0.25) is 0 Å². The molecule has 3 rings (SSSR count). The molecule has 3 aromatic rings. The molecular weight excluding hydrogens is 494 g/mol. The van der Waals surface area contributed by atoms with E-state index in [4.69, 9.17) is 14.2 Å². The molecule has 3 aromatic carbocycles. The number of amides is 1. The number of benzene rings is 3. The van der Waals surface area contributed by atoms with Crippen LogP contribution in [-0.4, -0.2) is 47.4 Å². The second kappa shape index (κ2) is 11.9. The van der Waals surface area contributed by atoms with Crippen LogP contribution in [0, 0.1) is 0 Å². The maximum Gasteiger partial charge on any atom is 0.407 e. The van der Waals surface area contributed by atoms with Crippen LogP contribution in [0.2, 0.25) is 0 Å². The average Bonchev–Trinajstić information content (AvgIpc) is 2.85. The van der Waals surface area contributed by atoms with Gasteiger partial charge in [-0.2, -0.15) is 0 Å². The van der Waals surface area contributed by atoms with Gasteiger partial charge in [-0.1, -0.05) is 24.3 Å². The Kier molecular flexibility index (Phi) is 8.88. The lowest BCUT2D eigenvalue weighted by molar-refractivity contribution is 0.0530. The normalized spacial score (nSPS) is 11.4. The summed E-state index contributed by atoms with van der Waals surface area (Å²) in [6, 6.07) is 19.2. The first-order valence-electron chi connectivity index (χ1n) is 11.7. The lowest BCUT2D eigenvalue weighted by atomic mass is 10.1. The van der Waals surface area contributed by atoms with Gasteiger partial charge in [-0.15, -0.1) is 0 Å². The fourth-order valence-electron chi connectivity index (χ4n) is 3.46. The van der Waals surface area contributed by atoms with Crippen molar-refractivity contribution in [3.63, 3.8) is 0 Å². The van der Waals surface area contributed by atoms with E-state index < -0.39 is 21.7 Å². The third-order valence-corrected chi connectivity index (χ3v) is 6.50. The van der Waals surface area contributed by atoms with Crippen LogP contribution in [0.1, 0.15) is 20.8 Å². The smallest absolute Gasteiger partial charge is 0.407 e. The highest BCUT2D eigenvalue weighted by molar-refractivity contribution is 7.92. The number of carbonyl (C=O) groups excluding carboxylic acids is 1. The Morgan fingerprint density at radius 2 is 1.54 bits per heavy atom. The van der Waals surface area contributed by atoms with Gasteiger partial charge in [0.1, 0.15) is 22.0 Å². The zero-order valence-electron chi connectivity index (χ0n) is 21.6. The molecule has 0 spiro atoms. The third-order valence-electron chi connectivity index (χ3n) is 5.09. The van der Waals surface area contributed by atoms with E-state index in [1.54, 1.807) is 70.3 Å². The Morgan fingerprint density at radius 3 is 2.24 bits per heavy atom. The summed E-state index contributed by atoms with van der Waals surface area (Å²) in [5, 5.41) is 5.82. The number of rotatable bonds is 10. The average molecular weight is 528 g/mol. The van der Waals surface area contributed by atoms with E-state index in [0.29, 0.717) is 35.8 Å².